The Kier molecular flexibility index (Phi) is 3.86. The van der Waals surface area contributed by atoms with Gasteiger partial charge in [-0.1, -0.05) is 6.07 Å². The molecule has 2 N–H and O–H groups in total. The van der Waals surface area contributed by atoms with Crippen molar-refractivity contribution in [1.82, 2.24) is 10.3 Å². The number of nitrogens with one attached hydrogen (secondary N) is 2. The van der Waals surface area contributed by atoms with Gasteiger partial charge in [-0.15, -0.1) is 0 Å². The van der Waals surface area contributed by atoms with Gasteiger partial charge in [-0.25, -0.2) is 4.98 Å². The number of anilines is 1. The Morgan fingerprint density at radius 1 is 1.14 bits per heavy atom. The molecule has 0 atom stereocenters. The molecule has 0 spiro atoms. The molecule has 0 saturated heterocycles. The van der Waals surface area contributed by atoms with Crippen LogP contribution in [0.5, 0.6) is 11.5 Å². The Labute approximate surface area is 126 Å². The standard InChI is InChI=1S/C15H13N3O4/c19-14(18-13-3-1-2-6-16-13)8-17-15(20)10-4-5-11-12(7-10)22-9-21-11/h1-7H,8-9H2,(H,17,20)(H,16,18,19). The molecular weight excluding hydrogens is 286 g/mol. The highest BCUT2D eigenvalue weighted by Crippen LogP contribution is 2.32. The van der Waals surface area contributed by atoms with E-state index in [4.69, 9.17) is 9.47 Å². The van der Waals surface area contributed by atoms with E-state index in [0.29, 0.717) is 22.9 Å². The molecular formula is C15H13N3O4. The number of fused-ring (bicyclic) bond motifs is 1. The molecule has 7 nitrogen and oxygen atoms in total. The maximum Gasteiger partial charge on any atom is 0.251 e. The zero-order valence-corrected chi connectivity index (χ0v) is 11.5. The van der Waals surface area contributed by atoms with Crippen LogP contribution < -0.4 is 20.1 Å². The second-order valence-corrected chi connectivity index (χ2v) is 4.51. The molecule has 0 bridgehead atoms. The fraction of sp³-hybridized carbons (Fsp3) is 0.133. The first-order valence-electron chi connectivity index (χ1n) is 6.61. The van der Waals surface area contributed by atoms with Crippen LogP contribution in [0.1, 0.15) is 10.4 Å². The number of carbonyl (C=O) groups excluding carboxylic acids is 2. The van der Waals surface area contributed by atoms with Gasteiger partial charge in [0.15, 0.2) is 11.5 Å². The lowest BCUT2D eigenvalue weighted by Crippen LogP contribution is -2.33. The first kappa shape index (κ1) is 13.9. The molecule has 2 aromatic rings. The van der Waals surface area contributed by atoms with Crippen LogP contribution in [0.2, 0.25) is 0 Å². The van der Waals surface area contributed by atoms with Gasteiger partial charge in [0.1, 0.15) is 5.82 Å². The first-order chi connectivity index (χ1) is 10.7. The Hall–Kier alpha value is -3.09. The predicted octanol–water partition coefficient (Wildman–Crippen LogP) is 1.18. The molecule has 0 unspecified atom stereocenters. The molecule has 1 aromatic carbocycles. The van der Waals surface area contributed by atoms with Crippen LogP contribution >= 0.6 is 0 Å². The van der Waals surface area contributed by atoms with Crippen molar-refractivity contribution in [2.75, 3.05) is 18.7 Å². The summed E-state index contributed by atoms with van der Waals surface area (Å²) >= 11 is 0. The number of nitrogens with zero attached hydrogens (tertiary/aromatic N) is 1. The smallest absolute Gasteiger partial charge is 0.251 e. The molecule has 2 amide bonds. The minimum absolute atomic E-state index is 0.146. The molecule has 1 aromatic heterocycles. The Morgan fingerprint density at radius 3 is 2.82 bits per heavy atom. The van der Waals surface area contributed by atoms with Crippen LogP contribution in [0.15, 0.2) is 42.6 Å². The Balaban J connectivity index is 1.55. The third-order valence-electron chi connectivity index (χ3n) is 2.98. The van der Waals surface area contributed by atoms with Gasteiger partial charge in [0.25, 0.3) is 5.91 Å². The molecule has 0 radical (unpaired) electrons. The minimum atomic E-state index is -0.366. The molecule has 0 fully saturated rings. The van der Waals surface area contributed by atoms with Crippen molar-refractivity contribution < 1.29 is 19.1 Å². The average Bonchev–Trinajstić information content (AvgIpc) is 3.01. The zero-order chi connectivity index (χ0) is 15.4. The quantitative estimate of drug-likeness (QED) is 0.885. The monoisotopic (exact) mass is 299 g/mol. The summed E-state index contributed by atoms with van der Waals surface area (Å²) in [5.74, 6) is 0.835. The third-order valence-corrected chi connectivity index (χ3v) is 2.98. The number of aromatic nitrogens is 1. The van der Waals surface area contributed by atoms with Gasteiger partial charge in [-0.3, -0.25) is 9.59 Å². The van der Waals surface area contributed by atoms with Crippen molar-refractivity contribution in [3.05, 3.63) is 48.2 Å². The highest BCUT2D eigenvalue weighted by molar-refractivity contribution is 5.99. The summed E-state index contributed by atoms with van der Waals surface area (Å²) in [6.45, 7) is -0.00324. The van der Waals surface area contributed by atoms with Crippen LogP contribution in [0.4, 0.5) is 5.82 Å². The van der Waals surface area contributed by atoms with E-state index < -0.39 is 0 Å². The number of carbonyl (C=O) groups is 2. The fourth-order valence-corrected chi connectivity index (χ4v) is 1.92. The molecule has 7 heteroatoms. The highest BCUT2D eigenvalue weighted by atomic mass is 16.7. The normalized spacial score (nSPS) is 11.8. The molecule has 22 heavy (non-hydrogen) atoms. The molecule has 3 rings (SSSR count). The van der Waals surface area contributed by atoms with E-state index in [-0.39, 0.29) is 25.2 Å². The summed E-state index contributed by atoms with van der Waals surface area (Å²) in [6, 6.07) is 10.0. The van der Waals surface area contributed by atoms with Crippen molar-refractivity contribution >= 4 is 17.6 Å². The lowest BCUT2D eigenvalue weighted by molar-refractivity contribution is -0.115. The number of amides is 2. The number of hydrogen-bond acceptors (Lipinski definition) is 5. The molecule has 112 valence electrons. The van der Waals surface area contributed by atoms with Gasteiger partial charge < -0.3 is 20.1 Å². The lowest BCUT2D eigenvalue weighted by Gasteiger charge is -2.06. The van der Waals surface area contributed by atoms with Crippen LogP contribution in [0.3, 0.4) is 0 Å². The second kappa shape index (κ2) is 6.13. The largest absolute Gasteiger partial charge is 0.454 e. The number of benzene rings is 1. The summed E-state index contributed by atoms with van der Waals surface area (Å²) < 4.78 is 10.4. The third kappa shape index (κ3) is 3.14. The number of hydrogen-bond donors (Lipinski definition) is 2. The van der Waals surface area contributed by atoms with E-state index >= 15 is 0 Å². The summed E-state index contributed by atoms with van der Waals surface area (Å²) in [6.07, 6.45) is 1.57. The zero-order valence-electron chi connectivity index (χ0n) is 11.5. The number of rotatable bonds is 4. The van der Waals surface area contributed by atoms with E-state index in [1.165, 1.54) is 0 Å². The molecule has 0 saturated carbocycles. The second-order valence-electron chi connectivity index (χ2n) is 4.51. The number of pyridine rings is 1. The highest BCUT2D eigenvalue weighted by Gasteiger charge is 2.16. The summed E-state index contributed by atoms with van der Waals surface area (Å²) in [7, 11) is 0. The van der Waals surface area contributed by atoms with Gasteiger partial charge in [-0.05, 0) is 30.3 Å². The Bertz CT molecular complexity index is 703. The van der Waals surface area contributed by atoms with Crippen LogP contribution in [0, 0.1) is 0 Å². The average molecular weight is 299 g/mol. The maximum atomic E-state index is 12.0. The van der Waals surface area contributed by atoms with Crippen molar-refractivity contribution in [1.29, 1.82) is 0 Å². The van der Waals surface area contributed by atoms with E-state index in [2.05, 4.69) is 15.6 Å². The van der Waals surface area contributed by atoms with Crippen molar-refractivity contribution in [3.63, 3.8) is 0 Å². The van der Waals surface area contributed by atoms with Gasteiger partial charge in [-0.2, -0.15) is 0 Å². The van der Waals surface area contributed by atoms with Crippen LogP contribution in [0.25, 0.3) is 0 Å². The fourth-order valence-electron chi connectivity index (χ4n) is 1.92. The summed E-state index contributed by atoms with van der Waals surface area (Å²) in [4.78, 5) is 27.7. The van der Waals surface area contributed by atoms with Crippen LogP contribution in [-0.4, -0.2) is 30.1 Å². The summed E-state index contributed by atoms with van der Waals surface area (Å²) in [5, 5.41) is 5.12. The SMILES string of the molecule is O=C(CNC(=O)c1ccc2c(c1)OCO2)Nc1ccccn1. The molecule has 2 heterocycles. The van der Waals surface area contributed by atoms with Gasteiger partial charge in [0.2, 0.25) is 12.7 Å². The Morgan fingerprint density at radius 2 is 2.00 bits per heavy atom. The minimum Gasteiger partial charge on any atom is -0.454 e. The topological polar surface area (TPSA) is 89.6 Å². The van der Waals surface area contributed by atoms with E-state index in [0.717, 1.165) is 0 Å². The van der Waals surface area contributed by atoms with Crippen molar-refractivity contribution in [2.24, 2.45) is 0 Å². The van der Waals surface area contributed by atoms with E-state index in [9.17, 15) is 9.59 Å². The first-order valence-corrected chi connectivity index (χ1v) is 6.61. The van der Waals surface area contributed by atoms with Gasteiger partial charge in [0.05, 0.1) is 6.54 Å². The van der Waals surface area contributed by atoms with Crippen LogP contribution in [-0.2, 0) is 4.79 Å². The summed E-state index contributed by atoms with van der Waals surface area (Å²) in [5.41, 5.74) is 0.398. The van der Waals surface area contributed by atoms with E-state index in [1.54, 1.807) is 42.6 Å². The van der Waals surface area contributed by atoms with Crippen molar-refractivity contribution in [2.45, 2.75) is 0 Å². The van der Waals surface area contributed by atoms with Crippen molar-refractivity contribution in [3.8, 4) is 11.5 Å². The molecule has 1 aliphatic rings. The molecule has 0 aliphatic carbocycles. The maximum absolute atomic E-state index is 12.0. The number of ether oxygens (including phenoxy) is 2. The predicted molar refractivity (Wildman–Crippen MR) is 77.8 cm³/mol. The van der Waals surface area contributed by atoms with Gasteiger partial charge in [0, 0.05) is 11.8 Å². The lowest BCUT2D eigenvalue weighted by atomic mass is 10.2. The molecule has 1 aliphatic heterocycles. The van der Waals surface area contributed by atoms with E-state index in [1.807, 2.05) is 0 Å². The van der Waals surface area contributed by atoms with Gasteiger partial charge >= 0.3 is 0 Å².